The van der Waals surface area contributed by atoms with Crippen LogP contribution in [0.25, 0.3) is 21.8 Å². The second kappa shape index (κ2) is 5.29. The van der Waals surface area contributed by atoms with E-state index in [1.54, 1.807) is 6.07 Å². The maximum Gasteiger partial charge on any atom is 0.0731 e. The van der Waals surface area contributed by atoms with Crippen molar-refractivity contribution in [1.82, 2.24) is 4.98 Å². The van der Waals surface area contributed by atoms with Gasteiger partial charge in [-0.15, -0.1) is 24.8 Å². The Hall–Kier alpha value is -1.71. The Bertz CT molecular complexity index is 698. The Kier molecular flexibility index (Phi) is 4.22. The number of nitrogen functional groups attached to an aromatic ring is 2. The molecule has 0 aliphatic carbocycles. The van der Waals surface area contributed by atoms with Crippen molar-refractivity contribution >= 4 is 58.0 Å². The zero-order valence-corrected chi connectivity index (χ0v) is 11.1. The van der Waals surface area contributed by atoms with E-state index in [9.17, 15) is 0 Å². The first-order valence-electron chi connectivity index (χ1n) is 5.09. The van der Waals surface area contributed by atoms with E-state index < -0.39 is 0 Å². The van der Waals surface area contributed by atoms with Gasteiger partial charge in [0.1, 0.15) is 0 Å². The smallest absolute Gasteiger partial charge is 0.0731 e. The fraction of sp³-hybridized carbons (Fsp3) is 0. The van der Waals surface area contributed by atoms with Crippen molar-refractivity contribution in [3.05, 3.63) is 42.5 Å². The van der Waals surface area contributed by atoms with Gasteiger partial charge < -0.3 is 11.5 Å². The van der Waals surface area contributed by atoms with Crippen LogP contribution in [0.3, 0.4) is 0 Å². The predicted molar refractivity (Wildman–Crippen MR) is 82.6 cm³/mol. The Labute approximate surface area is 117 Å². The number of para-hydroxylation sites is 1. The van der Waals surface area contributed by atoms with Gasteiger partial charge in [0.2, 0.25) is 0 Å². The zero-order chi connectivity index (χ0) is 11.1. The largest absolute Gasteiger partial charge is 0.397 e. The lowest BCUT2D eigenvalue weighted by molar-refractivity contribution is 1.50. The van der Waals surface area contributed by atoms with Crippen LogP contribution in [0.1, 0.15) is 0 Å². The van der Waals surface area contributed by atoms with Crippen LogP contribution < -0.4 is 11.5 Å². The molecule has 94 valence electrons. The second-order valence-corrected chi connectivity index (χ2v) is 3.82. The van der Waals surface area contributed by atoms with Gasteiger partial charge in [0.15, 0.2) is 0 Å². The van der Waals surface area contributed by atoms with E-state index in [0.717, 1.165) is 21.8 Å². The van der Waals surface area contributed by atoms with Crippen LogP contribution >= 0.6 is 24.8 Å². The van der Waals surface area contributed by atoms with Crippen LogP contribution in [0, 0.1) is 0 Å². The molecule has 0 fully saturated rings. The first-order valence-corrected chi connectivity index (χ1v) is 5.09. The molecule has 4 N–H and O–H groups in total. The Morgan fingerprint density at radius 1 is 0.833 bits per heavy atom. The van der Waals surface area contributed by atoms with Crippen LogP contribution in [-0.2, 0) is 0 Å². The number of benzene rings is 2. The zero-order valence-electron chi connectivity index (χ0n) is 9.46. The quantitative estimate of drug-likeness (QED) is 0.490. The lowest BCUT2D eigenvalue weighted by atomic mass is 10.1. The number of nitrogens with zero attached hydrogens (tertiary/aromatic N) is 1. The predicted octanol–water partition coefficient (Wildman–Crippen LogP) is 3.40. The van der Waals surface area contributed by atoms with Gasteiger partial charge in [-0.05, 0) is 24.3 Å². The summed E-state index contributed by atoms with van der Waals surface area (Å²) in [5.74, 6) is 0. The van der Waals surface area contributed by atoms with Gasteiger partial charge in [0.05, 0.1) is 22.4 Å². The second-order valence-electron chi connectivity index (χ2n) is 3.82. The third-order valence-corrected chi connectivity index (χ3v) is 2.78. The third kappa shape index (κ3) is 2.15. The Morgan fingerprint density at radius 2 is 1.56 bits per heavy atom. The fourth-order valence-electron chi connectivity index (χ4n) is 1.89. The number of fused-ring (bicyclic) bond motifs is 2. The number of rotatable bonds is 0. The molecule has 0 radical (unpaired) electrons. The minimum Gasteiger partial charge on any atom is -0.397 e. The number of hydrogen-bond acceptors (Lipinski definition) is 3. The van der Waals surface area contributed by atoms with Gasteiger partial charge in [-0.2, -0.15) is 0 Å². The van der Waals surface area contributed by atoms with Crippen LogP contribution in [0.5, 0.6) is 0 Å². The summed E-state index contributed by atoms with van der Waals surface area (Å²) < 4.78 is 0. The van der Waals surface area contributed by atoms with Crippen molar-refractivity contribution < 1.29 is 0 Å². The number of halogens is 2. The van der Waals surface area contributed by atoms with Gasteiger partial charge in [-0.1, -0.05) is 18.2 Å². The molecule has 0 unspecified atom stereocenters. The molecule has 0 aliphatic heterocycles. The van der Waals surface area contributed by atoms with Gasteiger partial charge in [-0.25, -0.2) is 4.98 Å². The molecular formula is C13H13Cl2N3. The SMILES string of the molecule is Cl.Cl.Nc1ccc2nc3ccccc3cc2c1N. The number of pyridine rings is 1. The average Bonchev–Trinajstić information content (AvgIpc) is 2.32. The highest BCUT2D eigenvalue weighted by molar-refractivity contribution is 6.02. The summed E-state index contributed by atoms with van der Waals surface area (Å²) in [6.07, 6.45) is 0. The number of nitrogens with two attached hydrogens (primary N) is 2. The summed E-state index contributed by atoms with van der Waals surface area (Å²) >= 11 is 0. The van der Waals surface area contributed by atoms with Crippen LogP contribution in [0.2, 0.25) is 0 Å². The van der Waals surface area contributed by atoms with E-state index in [1.807, 2.05) is 36.4 Å². The molecule has 0 bridgehead atoms. The van der Waals surface area contributed by atoms with E-state index in [1.165, 1.54) is 0 Å². The maximum absolute atomic E-state index is 5.94. The summed E-state index contributed by atoms with van der Waals surface area (Å²) in [6.45, 7) is 0. The lowest BCUT2D eigenvalue weighted by Crippen LogP contribution is -1.96. The first-order chi connectivity index (χ1) is 7.75. The van der Waals surface area contributed by atoms with E-state index in [0.29, 0.717) is 11.4 Å². The molecule has 0 amide bonds. The highest BCUT2D eigenvalue weighted by Gasteiger charge is 2.04. The third-order valence-electron chi connectivity index (χ3n) is 2.78. The Morgan fingerprint density at radius 3 is 2.33 bits per heavy atom. The van der Waals surface area contributed by atoms with Crippen LogP contribution in [0.15, 0.2) is 42.5 Å². The standard InChI is InChI=1S/C13H11N3.2ClH/c14-10-5-6-12-9(13(10)15)7-8-3-1-2-4-11(8)16-12;;/h1-7H,14-15H2;2*1H. The molecule has 1 heterocycles. The average molecular weight is 282 g/mol. The molecule has 3 nitrogen and oxygen atoms in total. The van der Waals surface area contributed by atoms with Crippen LogP contribution in [0.4, 0.5) is 11.4 Å². The van der Waals surface area contributed by atoms with Crippen molar-refractivity contribution in [2.45, 2.75) is 0 Å². The summed E-state index contributed by atoms with van der Waals surface area (Å²) in [7, 11) is 0. The van der Waals surface area contributed by atoms with Crippen molar-refractivity contribution in [2.75, 3.05) is 11.5 Å². The van der Waals surface area contributed by atoms with E-state index in [2.05, 4.69) is 4.98 Å². The summed E-state index contributed by atoms with van der Waals surface area (Å²) in [5.41, 5.74) is 14.8. The molecule has 18 heavy (non-hydrogen) atoms. The van der Waals surface area contributed by atoms with Crippen LogP contribution in [-0.4, -0.2) is 4.98 Å². The van der Waals surface area contributed by atoms with Gasteiger partial charge >= 0.3 is 0 Å². The summed E-state index contributed by atoms with van der Waals surface area (Å²) in [6, 6.07) is 13.7. The van der Waals surface area contributed by atoms with Gasteiger partial charge in [0, 0.05) is 10.8 Å². The maximum atomic E-state index is 5.94. The molecular weight excluding hydrogens is 269 g/mol. The molecule has 0 spiro atoms. The molecule has 0 saturated heterocycles. The molecule has 2 aromatic carbocycles. The monoisotopic (exact) mass is 281 g/mol. The minimum absolute atomic E-state index is 0. The van der Waals surface area contributed by atoms with Gasteiger partial charge in [-0.3, -0.25) is 0 Å². The summed E-state index contributed by atoms with van der Waals surface area (Å²) in [4.78, 5) is 4.54. The van der Waals surface area contributed by atoms with E-state index in [-0.39, 0.29) is 24.8 Å². The number of anilines is 2. The van der Waals surface area contributed by atoms with E-state index in [4.69, 9.17) is 11.5 Å². The highest BCUT2D eigenvalue weighted by atomic mass is 35.5. The molecule has 5 heteroatoms. The fourth-order valence-corrected chi connectivity index (χ4v) is 1.89. The number of aromatic nitrogens is 1. The number of hydrogen-bond donors (Lipinski definition) is 2. The lowest BCUT2D eigenvalue weighted by Gasteiger charge is -2.06. The molecule has 3 rings (SSSR count). The normalized spacial score (nSPS) is 9.78. The Balaban J connectivity index is 0.000000810. The topological polar surface area (TPSA) is 64.9 Å². The molecule has 3 aromatic rings. The molecule has 0 saturated carbocycles. The molecule has 0 atom stereocenters. The van der Waals surface area contributed by atoms with Crippen molar-refractivity contribution in [3.8, 4) is 0 Å². The van der Waals surface area contributed by atoms with Crippen molar-refractivity contribution in [2.24, 2.45) is 0 Å². The molecule has 1 aromatic heterocycles. The minimum atomic E-state index is 0. The van der Waals surface area contributed by atoms with E-state index >= 15 is 0 Å². The first kappa shape index (κ1) is 14.4. The van der Waals surface area contributed by atoms with Crippen molar-refractivity contribution in [3.63, 3.8) is 0 Å². The molecule has 0 aliphatic rings. The highest BCUT2D eigenvalue weighted by Crippen LogP contribution is 2.28. The summed E-state index contributed by atoms with van der Waals surface area (Å²) in [5, 5.41) is 1.99. The van der Waals surface area contributed by atoms with Crippen molar-refractivity contribution in [1.29, 1.82) is 0 Å². The van der Waals surface area contributed by atoms with Gasteiger partial charge in [0.25, 0.3) is 0 Å².